The lowest BCUT2D eigenvalue weighted by Crippen LogP contribution is -2.26. The van der Waals surface area contributed by atoms with Crippen molar-refractivity contribution in [2.24, 2.45) is 5.92 Å². The average Bonchev–Trinajstić information content (AvgIpc) is 2.66. The molecule has 1 unspecified atom stereocenters. The fourth-order valence-corrected chi connectivity index (χ4v) is 1.41. The number of aromatic nitrogens is 2. The van der Waals surface area contributed by atoms with Crippen LogP contribution in [0.2, 0.25) is 0 Å². The molecule has 0 bridgehead atoms. The largest absolute Gasteiger partial charge is 0.333 e. The topological polar surface area (TPSA) is 53.6 Å². The summed E-state index contributed by atoms with van der Waals surface area (Å²) in [6.07, 6.45) is 3.52. The maximum absolute atomic E-state index is 9.08. The lowest BCUT2D eigenvalue weighted by Gasteiger charge is -2.14. The molecule has 0 saturated carbocycles. The molecule has 0 radical (unpaired) electrons. The number of aryl methyl sites for hydroxylation is 1. The molecule has 1 rings (SSSR count). The predicted octanol–water partition coefficient (Wildman–Crippen LogP) is 1.71. The summed E-state index contributed by atoms with van der Waals surface area (Å²) in [7, 11) is 0. The quantitative estimate of drug-likeness (QED) is 0.798. The Kier molecular flexibility index (Phi) is 4.32. The number of nitrogens with zero attached hydrogens (tertiary/aromatic N) is 3. The van der Waals surface area contributed by atoms with Crippen LogP contribution in [-0.4, -0.2) is 16.1 Å². The Bertz CT molecular complexity index is 335. The average molecular weight is 206 g/mol. The molecule has 4 nitrogen and oxygen atoms in total. The second-order valence-electron chi connectivity index (χ2n) is 3.97. The first-order valence-corrected chi connectivity index (χ1v) is 5.32. The number of hydrogen-bond donors (Lipinski definition) is 1. The maximum atomic E-state index is 9.08. The molecular formula is C11H18N4. The minimum absolute atomic E-state index is 0.255. The minimum Gasteiger partial charge on any atom is -0.333 e. The third-order valence-corrected chi connectivity index (χ3v) is 2.24. The third kappa shape index (κ3) is 3.07. The summed E-state index contributed by atoms with van der Waals surface area (Å²) in [5, 5.41) is 12.3. The van der Waals surface area contributed by atoms with Crippen LogP contribution in [0.1, 0.15) is 32.5 Å². The van der Waals surface area contributed by atoms with Crippen LogP contribution in [0, 0.1) is 17.2 Å². The van der Waals surface area contributed by atoms with E-state index in [1.54, 1.807) is 12.5 Å². The number of rotatable bonds is 5. The van der Waals surface area contributed by atoms with Crippen molar-refractivity contribution >= 4 is 0 Å². The molecule has 0 aliphatic heterocycles. The number of hydrogen-bond acceptors (Lipinski definition) is 3. The highest BCUT2D eigenvalue weighted by Crippen LogP contribution is 2.11. The first-order chi connectivity index (χ1) is 7.19. The van der Waals surface area contributed by atoms with Gasteiger partial charge in [-0.15, -0.1) is 0 Å². The first kappa shape index (κ1) is 11.7. The second-order valence-corrected chi connectivity index (χ2v) is 3.97. The Morgan fingerprint density at radius 3 is 2.87 bits per heavy atom. The number of nitrogens with one attached hydrogen (secondary N) is 1. The van der Waals surface area contributed by atoms with Crippen LogP contribution in [0.15, 0.2) is 12.5 Å². The van der Waals surface area contributed by atoms with Crippen LogP contribution >= 0.6 is 0 Å². The summed E-state index contributed by atoms with van der Waals surface area (Å²) in [6, 6.07) is 2.01. The molecule has 4 heteroatoms. The third-order valence-electron chi connectivity index (χ3n) is 2.24. The van der Waals surface area contributed by atoms with Gasteiger partial charge in [-0.3, -0.25) is 5.32 Å². The van der Waals surface area contributed by atoms with Crippen LogP contribution in [0.3, 0.4) is 0 Å². The van der Waals surface area contributed by atoms with Gasteiger partial charge >= 0.3 is 0 Å². The Morgan fingerprint density at radius 2 is 2.33 bits per heavy atom. The van der Waals surface area contributed by atoms with Gasteiger partial charge in [0.1, 0.15) is 6.04 Å². The standard InChI is InChI=1S/C11H18N4/c1-4-15-8-13-7-11(15)10(5-12)14-6-9(2)3/h7-10,14H,4,6H2,1-3H3. The van der Waals surface area contributed by atoms with Crippen LogP contribution in [0.4, 0.5) is 0 Å². The Hall–Kier alpha value is -1.34. The fraction of sp³-hybridized carbons (Fsp3) is 0.636. The zero-order valence-electron chi connectivity index (χ0n) is 9.57. The molecule has 0 amide bonds. The highest BCUT2D eigenvalue weighted by atomic mass is 15.1. The van der Waals surface area contributed by atoms with Crippen LogP contribution in [-0.2, 0) is 6.54 Å². The highest BCUT2D eigenvalue weighted by molar-refractivity contribution is 5.13. The van der Waals surface area contributed by atoms with Crippen LogP contribution in [0.25, 0.3) is 0 Å². The Labute approximate surface area is 90.9 Å². The zero-order valence-corrected chi connectivity index (χ0v) is 9.57. The monoisotopic (exact) mass is 206 g/mol. The van der Waals surface area contributed by atoms with E-state index in [-0.39, 0.29) is 6.04 Å². The van der Waals surface area contributed by atoms with Gasteiger partial charge in [0.05, 0.1) is 24.3 Å². The normalized spacial score (nSPS) is 12.7. The van der Waals surface area contributed by atoms with Gasteiger partial charge in [-0.05, 0) is 19.4 Å². The Balaban J connectivity index is 2.71. The molecular weight excluding hydrogens is 188 g/mol. The van der Waals surface area contributed by atoms with E-state index in [2.05, 4.69) is 30.2 Å². The summed E-state index contributed by atoms with van der Waals surface area (Å²) in [4.78, 5) is 4.06. The van der Waals surface area contributed by atoms with Gasteiger partial charge in [0.25, 0.3) is 0 Å². The number of nitriles is 1. The summed E-state index contributed by atoms with van der Waals surface area (Å²) in [6.45, 7) is 7.98. The van der Waals surface area contributed by atoms with Crippen molar-refractivity contribution < 1.29 is 0 Å². The van der Waals surface area contributed by atoms with E-state index >= 15 is 0 Å². The van der Waals surface area contributed by atoms with E-state index in [9.17, 15) is 0 Å². The fourth-order valence-electron chi connectivity index (χ4n) is 1.41. The van der Waals surface area contributed by atoms with E-state index in [0.717, 1.165) is 18.8 Å². The van der Waals surface area contributed by atoms with E-state index < -0.39 is 0 Å². The molecule has 1 heterocycles. The van der Waals surface area contributed by atoms with Gasteiger partial charge in [0.2, 0.25) is 0 Å². The van der Waals surface area contributed by atoms with E-state index in [1.165, 1.54) is 0 Å². The van der Waals surface area contributed by atoms with Crippen molar-refractivity contribution in [1.82, 2.24) is 14.9 Å². The highest BCUT2D eigenvalue weighted by Gasteiger charge is 2.14. The smallest absolute Gasteiger partial charge is 0.138 e. The summed E-state index contributed by atoms with van der Waals surface area (Å²) >= 11 is 0. The van der Waals surface area contributed by atoms with Crippen LogP contribution < -0.4 is 5.32 Å². The van der Waals surface area contributed by atoms with Gasteiger partial charge in [0, 0.05) is 6.54 Å². The van der Waals surface area contributed by atoms with Gasteiger partial charge in [-0.25, -0.2) is 4.98 Å². The molecule has 0 spiro atoms. The SMILES string of the molecule is CCn1cncc1C(C#N)NCC(C)C. The molecule has 15 heavy (non-hydrogen) atoms. The van der Waals surface area contributed by atoms with Gasteiger partial charge in [0.15, 0.2) is 0 Å². The van der Waals surface area contributed by atoms with E-state index in [4.69, 9.17) is 5.26 Å². The molecule has 0 fully saturated rings. The molecule has 1 aromatic heterocycles. The molecule has 0 aliphatic carbocycles. The van der Waals surface area contributed by atoms with Crippen molar-refractivity contribution in [3.05, 3.63) is 18.2 Å². The van der Waals surface area contributed by atoms with Gasteiger partial charge in [-0.2, -0.15) is 5.26 Å². The van der Waals surface area contributed by atoms with E-state index in [1.807, 2.05) is 11.5 Å². The molecule has 0 aromatic carbocycles. The Morgan fingerprint density at radius 1 is 1.60 bits per heavy atom. The van der Waals surface area contributed by atoms with Gasteiger partial charge < -0.3 is 4.57 Å². The second kappa shape index (κ2) is 5.52. The molecule has 1 aromatic rings. The molecule has 1 N–H and O–H groups in total. The van der Waals surface area contributed by atoms with Crippen molar-refractivity contribution in [2.75, 3.05) is 6.54 Å². The molecule has 1 atom stereocenters. The summed E-state index contributed by atoms with van der Waals surface area (Å²) in [5.41, 5.74) is 0.945. The minimum atomic E-state index is -0.255. The summed E-state index contributed by atoms with van der Waals surface area (Å²) in [5.74, 6) is 0.541. The predicted molar refractivity (Wildman–Crippen MR) is 59.1 cm³/mol. The van der Waals surface area contributed by atoms with Crippen molar-refractivity contribution in [2.45, 2.75) is 33.4 Å². The molecule has 0 aliphatic rings. The first-order valence-electron chi connectivity index (χ1n) is 5.32. The van der Waals surface area contributed by atoms with Crippen LogP contribution in [0.5, 0.6) is 0 Å². The van der Waals surface area contributed by atoms with E-state index in [0.29, 0.717) is 5.92 Å². The summed E-state index contributed by atoms with van der Waals surface area (Å²) < 4.78 is 1.99. The van der Waals surface area contributed by atoms with Crippen molar-refractivity contribution in [3.8, 4) is 6.07 Å². The lowest BCUT2D eigenvalue weighted by molar-refractivity contribution is 0.507. The molecule has 82 valence electrons. The van der Waals surface area contributed by atoms with Crippen molar-refractivity contribution in [1.29, 1.82) is 5.26 Å². The number of imidazole rings is 1. The lowest BCUT2D eigenvalue weighted by atomic mass is 10.2. The van der Waals surface area contributed by atoms with Gasteiger partial charge in [-0.1, -0.05) is 13.8 Å². The van der Waals surface area contributed by atoms with Crippen molar-refractivity contribution in [3.63, 3.8) is 0 Å². The zero-order chi connectivity index (χ0) is 11.3. The molecule has 0 saturated heterocycles. The maximum Gasteiger partial charge on any atom is 0.138 e.